The Morgan fingerprint density at radius 2 is 2.16 bits per heavy atom. The molecule has 0 spiro atoms. The maximum Gasteiger partial charge on any atom is 0.329 e. The highest BCUT2D eigenvalue weighted by Gasteiger charge is 2.32. The minimum atomic E-state index is -0.402. The molecule has 0 aromatic heterocycles. The van der Waals surface area contributed by atoms with Gasteiger partial charge >= 0.3 is 5.97 Å². The first-order chi connectivity index (χ1) is 9.20. The lowest BCUT2D eigenvalue weighted by Crippen LogP contribution is -2.50. The Morgan fingerprint density at radius 1 is 1.37 bits per heavy atom. The minimum absolute atomic E-state index is 0.0652. The second kappa shape index (κ2) is 9.20. The summed E-state index contributed by atoms with van der Waals surface area (Å²) in [5, 5.41) is 0. The van der Waals surface area contributed by atoms with Crippen LogP contribution >= 0.6 is 11.8 Å². The van der Waals surface area contributed by atoms with Crippen molar-refractivity contribution in [2.45, 2.75) is 38.6 Å². The molecular weight excluding hydrogens is 264 g/mol. The van der Waals surface area contributed by atoms with Crippen LogP contribution in [0.15, 0.2) is 0 Å². The number of hydrogen-bond donors (Lipinski definition) is 1. The Kier molecular flexibility index (Phi) is 7.90. The van der Waals surface area contributed by atoms with Gasteiger partial charge in [-0.2, -0.15) is 11.8 Å². The summed E-state index contributed by atoms with van der Waals surface area (Å²) in [7, 11) is 0. The summed E-state index contributed by atoms with van der Waals surface area (Å²) >= 11 is 1.70. The van der Waals surface area contributed by atoms with E-state index in [0.717, 1.165) is 25.0 Å². The van der Waals surface area contributed by atoms with Crippen molar-refractivity contribution in [2.75, 3.05) is 31.2 Å². The molecule has 0 bridgehead atoms. The van der Waals surface area contributed by atoms with E-state index >= 15 is 0 Å². The number of hydrogen-bond acceptors (Lipinski definition) is 5. The third-order valence-electron chi connectivity index (χ3n) is 3.10. The monoisotopic (exact) mass is 288 g/mol. The van der Waals surface area contributed by atoms with E-state index in [1.165, 1.54) is 0 Å². The third kappa shape index (κ3) is 5.40. The second-order valence-corrected chi connectivity index (χ2v) is 5.68. The van der Waals surface area contributed by atoms with Gasteiger partial charge in [-0.15, -0.1) is 0 Å². The summed E-state index contributed by atoms with van der Waals surface area (Å²) in [5.74, 6) is 1.33. The quantitative estimate of drug-likeness (QED) is 0.559. The van der Waals surface area contributed by atoms with Gasteiger partial charge in [0.05, 0.1) is 6.61 Å². The summed E-state index contributed by atoms with van der Waals surface area (Å²) in [6.45, 7) is 3.45. The van der Waals surface area contributed by atoms with Gasteiger partial charge in [0.1, 0.15) is 6.04 Å². The number of nitrogens with two attached hydrogens (primary N) is 1. The van der Waals surface area contributed by atoms with Crippen LogP contribution in [0.5, 0.6) is 0 Å². The number of ether oxygens (including phenoxy) is 1. The maximum atomic E-state index is 12.2. The number of carbonyl (C=O) groups excluding carboxylic acids is 2. The molecule has 5 nitrogen and oxygen atoms in total. The molecule has 1 aliphatic rings. The van der Waals surface area contributed by atoms with E-state index in [2.05, 4.69) is 0 Å². The molecule has 0 aliphatic carbocycles. The van der Waals surface area contributed by atoms with Crippen molar-refractivity contribution in [3.05, 3.63) is 0 Å². The van der Waals surface area contributed by atoms with Crippen LogP contribution in [0, 0.1) is 0 Å². The standard InChI is InChI=1S/C13H24N2O3S/c1-2-18-13(17)11-10-19-9-8-15(11)12(16)6-4-3-5-7-14/h11H,2-10,14H2,1H3. The van der Waals surface area contributed by atoms with Crippen molar-refractivity contribution >= 4 is 23.6 Å². The average molecular weight is 288 g/mol. The minimum Gasteiger partial charge on any atom is -0.464 e. The normalized spacial score (nSPS) is 19.3. The number of nitrogens with zero attached hydrogens (tertiary/aromatic N) is 1. The van der Waals surface area contributed by atoms with Gasteiger partial charge in [0.25, 0.3) is 0 Å². The smallest absolute Gasteiger partial charge is 0.329 e. The van der Waals surface area contributed by atoms with Crippen LogP contribution in [0.2, 0.25) is 0 Å². The molecule has 1 atom stereocenters. The van der Waals surface area contributed by atoms with E-state index in [9.17, 15) is 9.59 Å². The van der Waals surface area contributed by atoms with Crippen molar-refractivity contribution in [3.8, 4) is 0 Å². The Morgan fingerprint density at radius 3 is 2.84 bits per heavy atom. The van der Waals surface area contributed by atoms with Crippen LogP contribution in [0.3, 0.4) is 0 Å². The number of esters is 1. The van der Waals surface area contributed by atoms with Crippen LogP contribution in [0.1, 0.15) is 32.6 Å². The van der Waals surface area contributed by atoms with Crippen LogP contribution in [-0.4, -0.2) is 54.0 Å². The lowest BCUT2D eigenvalue weighted by atomic mass is 10.1. The van der Waals surface area contributed by atoms with Crippen LogP contribution in [-0.2, 0) is 14.3 Å². The van der Waals surface area contributed by atoms with Crippen LogP contribution in [0.4, 0.5) is 0 Å². The van der Waals surface area contributed by atoms with Crippen molar-refractivity contribution in [2.24, 2.45) is 5.73 Å². The number of amides is 1. The fourth-order valence-corrected chi connectivity index (χ4v) is 3.11. The van der Waals surface area contributed by atoms with Gasteiger partial charge < -0.3 is 15.4 Å². The molecule has 0 aromatic carbocycles. The Bertz CT molecular complexity index is 300. The first-order valence-corrected chi connectivity index (χ1v) is 8.10. The Hall–Kier alpha value is -0.750. The number of unbranched alkanes of at least 4 members (excludes halogenated alkanes) is 2. The van der Waals surface area contributed by atoms with Gasteiger partial charge in [-0.1, -0.05) is 6.42 Å². The first-order valence-electron chi connectivity index (χ1n) is 6.94. The summed E-state index contributed by atoms with van der Waals surface area (Å²) < 4.78 is 5.04. The molecular formula is C13H24N2O3S. The van der Waals surface area contributed by atoms with Crippen molar-refractivity contribution < 1.29 is 14.3 Å². The molecule has 1 aliphatic heterocycles. The predicted molar refractivity (Wildman–Crippen MR) is 77.0 cm³/mol. The molecule has 1 rings (SSSR count). The fraction of sp³-hybridized carbons (Fsp3) is 0.846. The molecule has 0 radical (unpaired) electrons. The lowest BCUT2D eigenvalue weighted by molar-refractivity contribution is -0.153. The molecule has 1 unspecified atom stereocenters. The Labute approximate surface area is 119 Å². The molecule has 0 aromatic rings. The lowest BCUT2D eigenvalue weighted by Gasteiger charge is -2.33. The topological polar surface area (TPSA) is 72.6 Å². The number of thioether (sulfide) groups is 1. The summed E-state index contributed by atoms with van der Waals surface area (Å²) in [6, 6.07) is -0.402. The summed E-state index contributed by atoms with van der Waals surface area (Å²) in [5.41, 5.74) is 5.42. The van der Waals surface area contributed by atoms with E-state index < -0.39 is 6.04 Å². The van der Waals surface area contributed by atoms with Gasteiger partial charge in [-0.25, -0.2) is 4.79 Å². The number of rotatable bonds is 7. The van der Waals surface area contributed by atoms with Crippen molar-refractivity contribution in [1.82, 2.24) is 4.90 Å². The van der Waals surface area contributed by atoms with E-state index in [-0.39, 0.29) is 11.9 Å². The first kappa shape index (κ1) is 16.3. The predicted octanol–water partition coefficient (Wildman–Crippen LogP) is 1.01. The van der Waals surface area contributed by atoms with Crippen LogP contribution < -0.4 is 5.73 Å². The molecule has 1 fully saturated rings. The highest BCUT2D eigenvalue weighted by molar-refractivity contribution is 7.99. The van der Waals surface area contributed by atoms with Gasteiger partial charge in [0.15, 0.2) is 0 Å². The summed E-state index contributed by atoms with van der Waals surface area (Å²) in [6.07, 6.45) is 3.26. The largest absolute Gasteiger partial charge is 0.464 e. The van der Waals surface area contributed by atoms with Gasteiger partial charge in [-0.05, 0) is 26.3 Å². The van der Waals surface area contributed by atoms with Crippen LogP contribution in [0.25, 0.3) is 0 Å². The molecule has 19 heavy (non-hydrogen) atoms. The van der Waals surface area contributed by atoms with Gasteiger partial charge in [0, 0.05) is 24.5 Å². The van der Waals surface area contributed by atoms with Crippen molar-refractivity contribution in [3.63, 3.8) is 0 Å². The average Bonchev–Trinajstić information content (AvgIpc) is 2.43. The summed E-state index contributed by atoms with van der Waals surface area (Å²) in [4.78, 5) is 25.7. The second-order valence-electron chi connectivity index (χ2n) is 4.53. The maximum absolute atomic E-state index is 12.2. The molecule has 1 heterocycles. The van der Waals surface area contributed by atoms with E-state index in [1.54, 1.807) is 23.6 Å². The Balaban J connectivity index is 2.46. The van der Waals surface area contributed by atoms with Gasteiger partial charge in [0.2, 0.25) is 5.91 Å². The van der Waals surface area contributed by atoms with E-state index in [0.29, 0.717) is 31.9 Å². The third-order valence-corrected chi connectivity index (χ3v) is 4.12. The zero-order valence-electron chi connectivity index (χ0n) is 11.6. The number of carbonyl (C=O) groups is 2. The molecule has 2 N–H and O–H groups in total. The zero-order valence-corrected chi connectivity index (χ0v) is 12.4. The highest BCUT2D eigenvalue weighted by atomic mass is 32.2. The van der Waals surface area contributed by atoms with E-state index in [4.69, 9.17) is 10.5 Å². The molecule has 1 amide bonds. The molecule has 1 saturated heterocycles. The fourth-order valence-electron chi connectivity index (χ4n) is 2.08. The van der Waals surface area contributed by atoms with Crippen molar-refractivity contribution in [1.29, 1.82) is 0 Å². The SMILES string of the molecule is CCOC(=O)C1CSCCN1C(=O)CCCCCN. The zero-order chi connectivity index (χ0) is 14.1. The molecule has 0 saturated carbocycles. The molecule has 6 heteroatoms. The van der Waals surface area contributed by atoms with E-state index in [1.807, 2.05) is 0 Å². The molecule has 110 valence electrons. The highest BCUT2D eigenvalue weighted by Crippen LogP contribution is 2.19. The van der Waals surface area contributed by atoms with Gasteiger partial charge in [-0.3, -0.25) is 4.79 Å².